The van der Waals surface area contributed by atoms with Crippen LogP contribution in [0.15, 0.2) is 23.5 Å². The Balaban J connectivity index is 2.31. The highest BCUT2D eigenvalue weighted by Crippen LogP contribution is 2.72. The number of hydrogen-bond donors (Lipinski definition) is 1. The van der Waals surface area contributed by atoms with Crippen LogP contribution >= 0.6 is 0 Å². The molecule has 0 aromatic carbocycles. The van der Waals surface area contributed by atoms with Gasteiger partial charge in [0.1, 0.15) is 11.3 Å². The van der Waals surface area contributed by atoms with E-state index in [1.54, 1.807) is 20.8 Å². The van der Waals surface area contributed by atoms with Gasteiger partial charge in [0, 0.05) is 5.92 Å². The zero-order valence-electron chi connectivity index (χ0n) is 16.0. The topological polar surface area (TPSA) is 71.4 Å². The largest absolute Gasteiger partial charge is 0.510 e. The summed E-state index contributed by atoms with van der Waals surface area (Å²) in [5.74, 6) is -1.83. The predicted octanol–water partition coefficient (Wildman–Crippen LogP) is 3.81. The number of hydrogen-bond acceptors (Lipinski definition) is 4. The number of carbonyl (C=O) groups is 3. The van der Waals surface area contributed by atoms with Crippen LogP contribution in [0.1, 0.15) is 54.4 Å². The molecule has 0 aliphatic heterocycles. The van der Waals surface area contributed by atoms with Gasteiger partial charge >= 0.3 is 0 Å². The van der Waals surface area contributed by atoms with E-state index in [-0.39, 0.29) is 40.1 Å². The summed E-state index contributed by atoms with van der Waals surface area (Å²) in [4.78, 5) is 39.1. The zero-order chi connectivity index (χ0) is 19.1. The molecule has 2 fully saturated rings. The summed E-state index contributed by atoms with van der Waals surface area (Å²) in [5, 5.41) is 11.1. The molecule has 3 rings (SSSR count). The van der Waals surface area contributed by atoms with E-state index in [4.69, 9.17) is 0 Å². The van der Waals surface area contributed by atoms with Crippen molar-refractivity contribution in [2.24, 2.45) is 34.0 Å². The molecule has 1 N–H and O–H groups in total. The highest BCUT2D eigenvalue weighted by molar-refractivity contribution is 6.32. The molecular weight excluding hydrogens is 316 g/mol. The van der Waals surface area contributed by atoms with Crippen LogP contribution in [-0.4, -0.2) is 22.5 Å². The molecule has 25 heavy (non-hydrogen) atoms. The normalized spacial score (nSPS) is 39.2. The molecule has 2 bridgehead atoms. The van der Waals surface area contributed by atoms with Gasteiger partial charge in [-0.05, 0) is 43.9 Å². The molecule has 4 atom stereocenters. The first kappa shape index (κ1) is 18.1. The van der Waals surface area contributed by atoms with Gasteiger partial charge in [0.05, 0.1) is 10.8 Å². The molecule has 0 aromatic heterocycles. The van der Waals surface area contributed by atoms with E-state index in [9.17, 15) is 19.5 Å². The maximum atomic E-state index is 13.4. The van der Waals surface area contributed by atoms with Crippen molar-refractivity contribution in [3.63, 3.8) is 0 Å². The Hall–Kier alpha value is -1.71. The first-order valence-electron chi connectivity index (χ1n) is 9.06. The maximum absolute atomic E-state index is 13.4. The van der Waals surface area contributed by atoms with Crippen molar-refractivity contribution in [1.82, 2.24) is 0 Å². The number of allylic oxidation sites excluding steroid dienone is 3. The Morgan fingerprint density at radius 1 is 1.20 bits per heavy atom. The van der Waals surface area contributed by atoms with E-state index in [2.05, 4.69) is 20.4 Å². The number of aliphatic hydroxyl groups is 1. The van der Waals surface area contributed by atoms with Crippen LogP contribution in [0, 0.1) is 34.0 Å². The van der Waals surface area contributed by atoms with Crippen LogP contribution in [0.25, 0.3) is 0 Å². The van der Waals surface area contributed by atoms with Crippen molar-refractivity contribution in [3.8, 4) is 0 Å². The zero-order valence-corrected chi connectivity index (χ0v) is 16.0. The first-order valence-corrected chi connectivity index (χ1v) is 9.06. The van der Waals surface area contributed by atoms with Crippen LogP contribution in [0.4, 0.5) is 0 Å². The summed E-state index contributed by atoms with van der Waals surface area (Å²) < 4.78 is 0. The fraction of sp³-hybridized carbons (Fsp3) is 0.667. The average molecular weight is 344 g/mol. The summed E-state index contributed by atoms with van der Waals surface area (Å²) >= 11 is 0. The van der Waals surface area contributed by atoms with Gasteiger partial charge in [0.25, 0.3) is 0 Å². The molecule has 3 aliphatic rings. The summed E-state index contributed by atoms with van der Waals surface area (Å²) in [6.45, 7) is 15.3. The van der Waals surface area contributed by atoms with E-state index in [0.717, 1.165) is 5.57 Å². The van der Waals surface area contributed by atoms with Crippen molar-refractivity contribution < 1.29 is 19.5 Å². The van der Waals surface area contributed by atoms with Crippen molar-refractivity contribution in [1.29, 1.82) is 0 Å². The summed E-state index contributed by atoms with van der Waals surface area (Å²) in [5.41, 5.74) is -1.74. The van der Waals surface area contributed by atoms with E-state index in [1.807, 2.05) is 6.92 Å². The highest BCUT2D eigenvalue weighted by atomic mass is 16.3. The van der Waals surface area contributed by atoms with Gasteiger partial charge in [0.2, 0.25) is 0 Å². The molecule has 2 saturated carbocycles. The third-order valence-electron chi connectivity index (χ3n) is 7.19. The quantitative estimate of drug-likeness (QED) is 0.480. The van der Waals surface area contributed by atoms with E-state index in [1.165, 1.54) is 0 Å². The van der Waals surface area contributed by atoms with Gasteiger partial charge in [-0.25, -0.2) is 0 Å². The summed E-state index contributed by atoms with van der Waals surface area (Å²) in [7, 11) is 0. The standard InChI is InChI=1S/C21H28O4/c1-10(2)12-8-21-13(19(12,5)6)9-20(7,18(21)25)16(23)14(17(21)24)15(22)11(3)4/h11-13,24H,1,8-9H2,2-7H3/t12-,13+,20+,21?/m1/s1. The molecule has 1 spiro atoms. The van der Waals surface area contributed by atoms with Crippen LogP contribution < -0.4 is 0 Å². The van der Waals surface area contributed by atoms with Crippen molar-refractivity contribution in [3.05, 3.63) is 23.5 Å². The SMILES string of the molecule is C=C(C)[C@H]1CC23C(=O)[C@@](C)(C[C@H]2C1(C)C)C(=O)C(C(=O)C(C)C)=C3O. The molecule has 0 saturated heterocycles. The Bertz CT molecular complexity index is 754. The Morgan fingerprint density at radius 2 is 1.76 bits per heavy atom. The van der Waals surface area contributed by atoms with Crippen molar-refractivity contribution in [2.75, 3.05) is 0 Å². The molecule has 1 unspecified atom stereocenters. The van der Waals surface area contributed by atoms with Gasteiger partial charge in [-0.3, -0.25) is 14.4 Å². The number of fused-ring (bicyclic) bond motifs is 1. The molecule has 0 heterocycles. The fourth-order valence-corrected chi connectivity index (χ4v) is 5.78. The van der Waals surface area contributed by atoms with Crippen LogP contribution in [0.5, 0.6) is 0 Å². The average Bonchev–Trinajstić information content (AvgIpc) is 2.85. The van der Waals surface area contributed by atoms with Gasteiger partial charge in [-0.15, -0.1) is 0 Å². The Kier molecular flexibility index (Phi) is 3.56. The minimum Gasteiger partial charge on any atom is -0.510 e. The van der Waals surface area contributed by atoms with Gasteiger partial charge in [0.15, 0.2) is 17.3 Å². The Morgan fingerprint density at radius 3 is 2.24 bits per heavy atom. The second-order valence-electron chi connectivity index (χ2n) is 9.39. The molecule has 0 radical (unpaired) electrons. The lowest BCUT2D eigenvalue weighted by atomic mass is 9.65. The second-order valence-corrected chi connectivity index (χ2v) is 9.39. The lowest BCUT2D eigenvalue weighted by Gasteiger charge is -2.36. The number of rotatable bonds is 3. The molecular formula is C21H28O4. The number of aliphatic hydroxyl groups excluding tert-OH is 1. The third-order valence-corrected chi connectivity index (χ3v) is 7.19. The van der Waals surface area contributed by atoms with Gasteiger partial charge in [-0.1, -0.05) is 39.8 Å². The predicted molar refractivity (Wildman–Crippen MR) is 94.9 cm³/mol. The third kappa shape index (κ3) is 1.86. The van der Waals surface area contributed by atoms with Gasteiger partial charge in [-0.2, -0.15) is 0 Å². The number of carbonyl (C=O) groups excluding carboxylic acids is 3. The van der Waals surface area contributed by atoms with Crippen LogP contribution in [0.3, 0.4) is 0 Å². The fourth-order valence-electron chi connectivity index (χ4n) is 5.78. The van der Waals surface area contributed by atoms with Crippen LogP contribution in [0.2, 0.25) is 0 Å². The molecule has 136 valence electrons. The monoisotopic (exact) mass is 344 g/mol. The maximum Gasteiger partial charge on any atom is 0.183 e. The minimum absolute atomic E-state index is 0.0664. The van der Waals surface area contributed by atoms with E-state index in [0.29, 0.717) is 12.8 Å². The smallest absolute Gasteiger partial charge is 0.183 e. The Labute approximate surface area is 149 Å². The molecule has 3 aliphatic carbocycles. The second kappa shape index (κ2) is 4.93. The molecule has 4 heteroatoms. The number of ketones is 3. The summed E-state index contributed by atoms with van der Waals surface area (Å²) in [6.07, 6.45) is 0.822. The molecule has 0 amide bonds. The lowest BCUT2D eigenvalue weighted by molar-refractivity contribution is -0.143. The lowest BCUT2D eigenvalue weighted by Crippen LogP contribution is -2.48. The van der Waals surface area contributed by atoms with Crippen LogP contribution in [-0.2, 0) is 14.4 Å². The molecule has 4 nitrogen and oxygen atoms in total. The van der Waals surface area contributed by atoms with Crippen molar-refractivity contribution in [2.45, 2.75) is 54.4 Å². The first-order chi connectivity index (χ1) is 11.3. The summed E-state index contributed by atoms with van der Waals surface area (Å²) in [6, 6.07) is 0. The van der Waals surface area contributed by atoms with Gasteiger partial charge < -0.3 is 5.11 Å². The highest BCUT2D eigenvalue weighted by Gasteiger charge is 2.76. The van der Waals surface area contributed by atoms with E-state index < -0.39 is 22.5 Å². The number of Topliss-reactive ketones (excluding diaryl/α,β-unsaturated/α-hetero) is 3. The van der Waals surface area contributed by atoms with E-state index >= 15 is 0 Å². The van der Waals surface area contributed by atoms with Crippen molar-refractivity contribution >= 4 is 17.3 Å². The molecule has 0 aromatic rings. The minimum atomic E-state index is -1.20.